The highest BCUT2D eigenvalue weighted by molar-refractivity contribution is 5.76. The Morgan fingerprint density at radius 1 is 0.969 bits per heavy atom. The average Bonchev–Trinajstić information content (AvgIpc) is 3.41. The molecule has 4 nitrogen and oxygen atoms in total. The minimum absolute atomic E-state index is 0.161. The van der Waals surface area contributed by atoms with Gasteiger partial charge >= 0.3 is 0 Å². The maximum absolute atomic E-state index is 12.6. The number of hydrogen-bond acceptors (Lipinski definition) is 3. The number of carbonyl (C=O) groups excluding carboxylic acids is 1. The molecule has 4 aliphatic carbocycles. The molecule has 0 aromatic carbocycles. The van der Waals surface area contributed by atoms with Crippen LogP contribution in [-0.4, -0.2) is 46.3 Å². The zero-order valence-electron chi connectivity index (χ0n) is 20.8. The van der Waals surface area contributed by atoms with Gasteiger partial charge in [-0.25, -0.2) is 0 Å². The fraction of sp³-hybridized carbons (Fsp3) is 0.964. The van der Waals surface area contributed by atoms with Crippen molar-refractivity contribution in [3.63, 3.8) is 0 Å². The summed E-state index contributed by atoms with van der Waals surface area (Å²) >= 11 is 0. The molecular formula is C28H47NO3. The summed E-state index contributed by atoms with van der Waals surface area (Å²) in [5, 5.41) is 21.7. The smallest absolute Gasteiger partial charge is 0.222 e. The van der Waals surface area contributed by atoms with Gasteiger partial charge in [0.1, 0.15) is 0 Å². The fourth-order valence-electron chi connectivity index (χ4n) is 9.85. The Bertz CT molecular complexity index is 705. The molecule has 10 atom stereocenters. The monoisotopic (exact) mass is 445 g/mol. The van der Waals surface area contributed by atoms with E-state index in [2.05, 4.69) is 25.7 Å². The van der Waals surface area contributed by atoms with Crippen molar-refractivity contribution in [1.29, 1.82) is 0 Å². The first-order valence-corrected chi connectivity index (χ1v) is 13.9. The summed E-state index contributed by atoms with van der Waals surface area (Å²) in [6.07, 6.45) is 12.7. The molecule has 5 rings (SSSR count). The van der Waals surface area contributed by atoms with Crippen molar-refractivity contribution in [2.45, 2.75) is 110 Å². The van der Waals surface area contributed by atoms with Gasteiger partial charge < -0.3 is 15.1 Å². The quantitative estimate of drug-likeness (QED) is 0.639. The van der Waals surface area contributed by atoms with Crippen LogP contribution >= 0.6 is 0 Å². The topological polar surface area (TPSA) is 60.8 Å². The Morgan fingerprint density at radius 2 is 1.66 bits per heavy atom. The number of fused-ring (bicyclic) bond motifs is 5. The highest BCUT2D eigenvalue weighted by Crippen LogP contribution is 2.68. The van der Waals surface area contributed by atoms with Crippen LogP contribution in [-0.2, 0) is 4.79 Å². The molecule has 1 amide bonds. The third-order valence-electron chi connectivity index (χ3n) is 11.7. The number of hydrogen-bond donors (Lipinski definition) is 2. The Kier molecular flexibility index (Phi) is 6.19. The minimum atomic E-state index is -0.196. The molecule has 0 radical (unpaired) electrons. The molecule has 0 aromatic rings. The van der Waals surface area contributed by atoms with E-state index in [1.54, 1.807) is 0 Å². The summed E-state index contributed by atoms with van der Waals surface area (Å²) in [5.74, 6) is 3.81. The highest BCUT2D eigenvalue weighted by atomic mass is 16.3. The van der Waals surface area contributed by atoms with E-state index in [4.69, 9.17) is 0 Å². The summed E-state index contributed by atoms with van der Waals surface area (Å²) in [4.78, 5) is 14.7. The van der Waals surface area contributed by atoms with Crippen LogP contribution in [0.25, 0.3) is 0 Å². The Balaban J connectivity index is 1.28. The second kappa shape index (κ2) is 8.56. The predicted molar refractivity (Wildman–Crippen MR) is 127 cm³/mol. The summed E-state index contributed by atoms with van der Waals surface area (Å²) in [6, 6.07) is 0. The van der Waals surface area contributed by atoms with Crippen LogP contribution in [0.4, 0.5) is 0 Å². The summed E-state index contributed by atoms with van der Waals surface area (Å²) in [7, 11) is 0. The molecule has 0 aromatic heterocycles. The molecule has 32 heavy (non-hydrogen) atoms. The maximum atomic E-state index is 12.6. The van der Waals surface area contributed by atoms with Gasteiger partial charge in [-0.3, -0.25) is 4.79 Å². The van der Waals surface area contributed by atoms with Gasteiger partial charge in [-0.2, -0.15) is 0 Å². The van der Waals surface area contributed by atoms with Gasteiger partial charge in [-0.15, -0.1) is 0 Å². The van der Waals surface area contributed by atoms with Crippen LogP contribution in [0.1, 0.15) is 97.8 Å². The lowest BCUT2D eigenvalue weighted by atomic mass is 9.43. The standard InChI is InChI=1S/C28H47NO3/c1-18(6-9-25(32)29-14-4-5-15-29)21-7-8-22-26-23(11-13-28(21,22)3)27(2)12-10-20(30)16-19(27)17-24(26)31/h18-24,26,30-31H,4-17H2,1-3H3/t18-,19+,20-,21-,22+,23+,24+,26+,27+,28-/m1/s1. The number of aliphatic hydroxyl groups is 2. The van der Waals surface area contributed by atoms with Gasteiger partial charge in [-0.05, 0) is 117 Å². The zero-order chi connectivity index (χ0) is 22.7. The predicted octanol–water partition coefficient (Wildman–Crippen LogP) is 5.02. The van der Waals surface area contributed by atoms with E-state index >= 15 is 0 Å². The maximum Gasteiger partial charge on any atom is 0.222 e. The van der Waals surface area contributed by atoms with E-state index in [0.717, 1.165) is 51.6 Å². The Morgan fingerprint density at radius 3 is 2.41 bits per heavy atom. The zero-order valence-corrected chi connectivity index (χ0v) is 20.8. The van der Waals surface area contributed by atoms with E-state index in [0.29, 0.717) is 52.2 Å². The molecule has 2 N–H and O–H groups in total. The Labute approximate surface area is 195 Å². The fourth-order valence-corrected chi connectivity index (χ4v) is 9.85. The first kappa shape index (κ1) is 23.1. The van der Waals surface area contributed by atoms with E-state index in [1.807, 2.05) is 0 Å². The van der Waals surface area contributed by atoms with Crippen LogP contribution in [0.5, 0.6) is 0 Å². The molecule has 5 fully saturated rings. The lowest BCUT2D eigenvalue weighted by Crippen LogP contribution is -2.58. The first-order valence-electron chi connectivity index (χ1n) is 13.9. The van der Waals surface area contributed by atoms with E-state index < -0.39 is 0 Å². The molecule has 0 spiro atoms. The van der Waals surface area contributed by atoms with Crippen molar-refractivity contribution in [3.05, 3.63) is 0 Å². The number of likely N-dealkylation sites (tertiary alicyclic amines) is 1. The van der Waals surface area contributed by atoms with Crippen LogP contribution in [0, 0.1) is 46.3 Å². The molecule has 5 aliphatic rings. The van der Waals surface area contributed by atoms with Gasteiger partial charge in [0, 0.05) is 19.5 Å². The van der Waals surface area contributed by atoms with Crippen LogP contribution in [0.2, 0.25) is 0 Å². The van der Waals surface area contributed by atoms with Crippen LogP contribution in [0.3, 0.4) is 0 Å². The normalized spacial score (nSPS) is 49.3. The average molecular weight is 446 g/mol. The van der Waals surface area contributed by atoms with Crippen molar-refractivity contribution < 1.29 is 15.0 Å². The number of nitrogens with zero attached hydrogens (tertiary/aromatic N) is 1. The second-order valence-electron chi connectivity index (χ2n) is 13.1. The SMILES string of the molecule is C[C@H](CCC(=O)N1CCCC1)[C@H]1CC[C@H]2[C@@H]3[C@@H](O)C[C@@H]4C[C@H](O)CC[C@]4(C)[C@H]3CC[C@]12C. The van der Waals surface area contributed by atoms with E-state index in [9.17, 15) is 15.0 Å². The van der Waals surface area contributed by atoms with Crippen molar-refractivity contribution in [1.82, 2.24) is 4.90 Å². The van der Waals surface area contributed by atoms with E-state index in [-0.39, 0.29) is 12.2 Å². The van der Waals surface area contributed by atoms with Crippen LogP contribution in [0.15, 0.2) is 0 Å². The lowest BCUT2D eigenvalue weighted by Gasteiger charge is -2.62. The van der Waals surface area contributed by atoms with Gasteiger partial charge in [0.2, 0.25) is 5.91 Å². The second-order valence-corrected chi connectivity index (χ2v) is 13.1. The van der Waals surface area contributed by atoms with Gasteiger partial charge in [0.25, 0.3) is 0 Å². The van der Waals surface area contributed by atoms with Crippen LogP contribution < -0.4 is 0 Å². The van der Waals surface area contributed by atoms with Crippen molar-refractivity contribution in [2.24, 2.45) is 46.3 Å². The molecule has 4 heteroatoms. The van der Waals surface area contributed by atoms with Crippen molar-refractivity contribution in [3.8, 4) is 0 Å². The lowest BCUT2D eigenvalue weighted by molar-refractivity contribution is -0.174. The highest BCUT2D eigenvalue weighted by Gasteiger charge is 2.62. The third kappa shape index (κ3) is 3.67. The van der Waals surface area contributed by atoms with Crippen molar-refractivity contribution >= 4 is 5.91 Å². The number of aliphatic hydroxyl groups excluding tert-OH is 2. The minimum Gasteiger partial charge on any atom is -0.393 e. The molecule has 0 bridgehead atoms. The Hall–Kier alpha value is -0.610. The largest absolute Gasteiger partial charge is 0.393 e. The third-order valence-corrected chi connectivity index (χ3v) is 11.7. The number of carbonyl (C=O) groups is 1. The molecular weight excluding hydrogens is 398 g/mol. The molecule has 4 saturated carbocycles. The molecule has 0 unspecified atom stereocenters. The first-order chi connectivity index (χ1) is 15.2. The molecule has 1 aliphatic heterocycles. The summed E-state index contributed by atoms with van der Waals surface area (Å²) < 4.78 is 0. The van der Waals surface area contributed by atoms with Gasteiger partial charge in [-0.1, -0.05) is 20.8 Å². The van der Waals surface area contributed by atoms with Gasteiger partial charge in [0.05, 0.1) is 12.2 Å². The van der Waals surface area contributed by atoms with Gasteiger partial charge in [0.15, 0.2) is 0 Å². The molecule has 182 valence electrons. The number of amides is 1. The summed E-state index contributed by atoms with van der Waals surface area (Å²) in [5.41, 5.74) is 0.617. The van der Waals surface area contributed by atoms with Crippen molar-refractivity contribution in [2.75, 3.05) is 13.1 Å². The van der Waals surface area contributed by atoms with E-state index in [1.165, 1.54) is 38.5 Å². The molecule has 1 saturated heterocycles. The number of rotatable bonds is 4. The summed E-state index contributed by atoms with van der Waals surface area (Å²) in [6.45, 7) is 9.37. The molecule has 1 heterocycles.